The van der Waals surface area contributed by atoms with Gasteiger partial charge in [0.2, 0.25) is 11.8 Å². The second-order valence-corrected chi connectivity index (χ2v) is 9.32. The highest BCUT2D eigenvalue weighted by atomic mass is 16.5. The molecule has 162 valence electrons. The largest absolute Gasteiger partial charge is 0.361 e. The van der Waals surface area contributed by atoms with Gasteiger partial charge in [0.1, 0.15) is 11.3 Å². The molecule has 1 aromatic rings. The van der Waals surface area contributed by atoms with Crippen molar-refractivity contribution in [3.05, 3.63) is 42.0 Å². The van der Waals surface area contributed by atoms with Crippen LogP contribution in [0.5, 0.6) is 0 Å². The van der Waals surface area contributed by atoms with E-state index in [0.717, 1.165) is 18.5 Å². The molecule has 3 fully saturated rings. The predicted octanol–water partition coefficient (Wildman–Crippen LogP) is 0.963. The number of likely N-dealkylation sites (N-methyl/N-ethyl adjacent to an activating group) is 1. The van der Waals surface area contributed by atoms with Gasteiger partial charge in [0.15, 0.2) is 0 Å². The molecule has 2 bridgehead atoms. The Morgan fingerprint density at radius 3 is 2.90 bits per heavy atom. The van der Waals surface area contributed by atoms with Crippen molar-refractivity contribution >= 4 is 23.4 Å². The first-order valence-corrected chi connectivity index (χ1v) is 11.1. The molecule has 0 radical (unpaired) electrons. The number of carbonyl (C=O) groups excluding carboxylic acids is 3. The zero-order valence-corrected chi connectivity index (χ0v) is 17.5. The molecule has 2 spiro atoms. The van der Waals surface area contributed by atoms with Gasteiger partial charge in [0.05, 0.1) is 36.6 Å². The number of fused-ring (bicyclic) bond motifs is 2. The van der Waals surface area contributed by atoms with Gasteiger partial charge in [-0.05, 0) is 31.9 Å². The standard InChI is InChI=1S/C23H26N4O4/c1-2-26-12-22-10-8-16(31-22)17(18(22)21(26)30)20(29)27-11-5-9-23(13-27)24-15-7-4-3-6-14(15)19(28)25-23/h3-4,6-8,10,16-18,24H,2,5,9,11-13H2,1H3,(H,25,28). The van der Waals surface area contributed by atoms with E-state index in [9.17, 15) is 14.4 Å². The first-order valence-electron chi connectivity index (χ1n) is 11.1. The fraction of sp³-hybridized carbons (Fsp3) is 0.522. The monoisotopic (exact) mass is 422 g/mol. The van der Waals surface area contributed by atoms with E-state index in [4.69, 9.17) is 4.74 Å². The molecule has 5 atom stereocenters. The number of carbonyl (C=O) groups is 3. The van der Waals surface area contributed by atoms with Crippen LogP contribution in [0.25, 0.3) is 0 Å². The van der Waals surface area contributed by atoms with Crippen LogP contribution >= 0.6 is 0 Å². The third kappa shape index (κ3) is 2.54. The Bertz CT molecular complexity index is 1020. The molecular weight excluding hydrogens is 396 g/mol. The molecule has 0 aromatic heterocycles. The van der Waals surface area contributed by atoms with Gasteiger partial charge in [0, 0.05) is 18.8 Å². The van der Waals surface area contributed by atoms with Crippen molar-refractivity contribution < 1.29 is 19.1 Å². The van der Waals surface area contributed by atoms with Crippen LogP contribution in [0, 0.1) is 11.8 Å². The first-order chi connectivity index (χ1) is 15.0. The number of amides is 3. The van der Waals surface area contributed by atoms with Crippen LogP contribution in [0.4, 0.5) is 5.69 Å². The summed E-state index contributed by atoms with van der Waals surface area (Å²) < 4.78 is 6.20. The Labute approximate surface area is 180 Å². The highest BCUT2D eigenvalue weighted by Gasteiger charge is 2.67. The lowest BCUT2D eigenvalue weighted by Gasteiger charge is -2.47. The molecule has 31 heavy (non-hydrogen) atoms. The molecule has 5 aliphatic heterocycles. The molecule has 5 heterocycles. The van der Waals surface area contributed by atoms with Crippen LogP contribution in [-0.4, -0.2) is 71.1 Å². The van der Waals surface area contributed by atoms with Crippen molar-refractivity contribution in [2.45, 2.75) is 37.1 Å². The third-order valence-electron chi connectivity index (χ3n) is 7.55. The van der Waals surface area contributed by atoms with Gasteiger partial charge in [0.25, 0.3) is 5.91 Å². The molecule has 1 aromatic carbocycles. The van der Waals surface area contributed by atoms with Crippen LogP contribution in [0.15, 0.2) is 36.4 Å². The summed E-state index contributed by atoms with van der Waals surface area (Å²) in [5.41, 5.74) is 0.0408. The minimum Gasteiger partial charge on any atom is -0.361 e. The van der Waals surface area contributed by atoms with Crippen LogP contribution in [0.2, 0.25) is 0 Å². The molecule has 0 aliphatic carbocycles. The van der Waals surface area contributed by atoms with Crippen LogP contribution in [0.1, 0.15) is 30.1 Å². The van der Waals surface area contributed by atoms with Gasteiger partial charge < -0.3 is 25.2 Å². The quantitative estimate of drug-likeness (QED) is 0.693. The highest BCUT2D eigenvalue weighted by Crippen LogP contribution is 2.52. The van der Waals surface area contributed by atoms with E-state index in [0.29, 0.717) is 31.7 Å². The normalized spacial score (nSPS) is 37.6. The summed E-state index contributed by atoms with van der Waals surface area (Å²) in [4.78, 5) is 43.1. The van der Waals surface area contributed by atoms with Crippen molar-refractivity contribution in [3.8, 4) is 0 Å². The predicted molar refractivity (Wildman–Crippen MR) is 112 cm³/mol. The fourth-order valence-corrected chi connectivity index (χ4v) is 6.15. The topological polar surface area (TPSA) is 91.0 Å². The number of rotatable bonds is 2. The Morgan fingerprint density at radius 1 is 1.23 bits per heavy atom. The minimum absolute atomic E-state index is 0.0115. The number of benzene rings is 1. The number of nitrogens with zero attached hydrogens (tertiary/aromatic N) is 2. The van der Waals surface area contributed by atoms with Crippen molar-refractivity contribution in [2.24, 2.45) is 11.8 Å². The summed E-state index contributed by atoms with van der Waals surface area (Å²) in [7, 11) is 0. The van der Waals surface area contributed by atoms with Gasteiger partial charge in [-0.2, -0.15) is 0 Å². The maximum Gasteiger partial charge on any atom is 0.255 e. The van der Waals surface area contributed by atoms with Gasteiger partial charge in [-0.3, -0.25) is 14.4 Å². The maximum atomic E-state index is 13.7. The van der Waals surface area contributed by atoms with Gasteiger partial charge in [-0.15, -0.1) is 0 Å². The van der Waals surface area contributed by atoms with Crippen LogP contribution in [-0.2, 0) is 14.3 Å². The number of nitrogens with one attached hydrogen (secondary N) is 2. The summed E-state index contributed by atoms with van der Waals surface area (Å²) in [6, 6.07) is 7.42. The molecule has 0 saturated carbocycles. The van der Waals surface area contributed by atoms with Crippen LogP contribution < -0.4 is 10.6 Å². The Kier molecular flexibility index (Phi) is 3.85. The molecule has 3 saturated heterocycles. The molecule has 6 rings (SSSR count). The number of hydrogen-bond acceptors (Lipinski definition) is 5. The number of hydrogen-bond donors (Lipinski definition) is 2. The number of likely N-dealkylation sites (tertiary alicyclic amines) is 2. The SMILES string of the molecule is CCN1CC23C=CC(O2)C(C(=O)N2CCCC4(C2)NC(=O)c2ccccc2N4)C3C1=O. The second kappa shape index (κ2) is 6.32. The lowest BCUT2D eigenvalue weighted by atomic mass is 9.76. The van der Waals surface area contributed by atoms with Gasteiger partial charge >= 0.3 is 0 Å². The average molecular weight is 422 g/mol. The van der Waals surface area contributed by atoms with Crippen molar-refractivity contribution in [1.82, 2.24) is 15.1 Å². The molecule has 5 unspecified atom stereocenters. The Balaban J connectivity index is 1.27. The summed E-state index contributed by atoms with van der Waals surface area (Å²) in [5.74, 6) is -1.13. The summed E-state index contributed by atoms with van der Waals surface area (Å²) in [6.45, 7) is 4.05. The molecule has 8 nitrogen and oxygen atoms in total. The average Bonchev–Trinajstić information content (AvgIpc) is 3.41. The van der Waals surface area contributed by atoms with Crippen LogP contribution in [0.3, 0.4) is 0 Å². The van der Waals surface area contributed by atoms with E-state index in [-0.39, 0.29) is 23.8 Å². The number of para-hydroxylation sites is 1. The first kappa shape index (κ1) is 18.9. The van der Waals surface area contributed by atoms with E-state index in [1.54, 1.807) is 11.0 Å². The van der Waals surface area contributed by atoms with Gasteiger partial charge in [-0.25, -0.2) is 0 Å². The number of piperidine rings is 1. The van der Waals surface area contributed by atoms with Gasteiger partial charge in [-0.1, -0.05) is 24.3 Å². The summed E-state index contributed by atoms with van der Waals surface area (Å²) >= 11 is 0. The molecular formula is C23H26N4O4. The third-order valence-corrected chi connectivity index (χ3v) is 7.55. The Hall–Kier alpha value is -2.87. The van der Waals surface area contributed by atoms with E-state index >= 15 is 0 Å². The molecule has 5 aliphatic rings. The van der Waals surface area contributed by atoms with E-state index in [1.165, 1.54) is 0 Å². The molecule has 8 heteroatoms. The number of anilines is 1. The lowest BCUT2D eigenvalue weighted by Crippen LogP contribution is -2.66. The molecule has 3 amide bonds. The zero-order chi connectivity index (χ0) is 21.4. The van der Waals surface area contributed by atoms with Crippen molar-refractivity contribution in [3.63, 3.8) is 0 Å². The van der Waals surface area contributed by atoms with Crippen molar-refractivity contribution in [1.29, 1.82) is 0 Å². The van der Waals surface area contributed by atoms with Crippen molar-refractivity contribution in [2.75, 3.05) is 31.5 Å². The number of ether oxygens (including phenoxy) is 1. The Morgan fingerprint density at radius 2 is 2.06 bits per heavy atom. The van der Waals surface area contributed by atoms with E-state index in [2.05, 4.69) is 10.6 Å². The fourth-order valence-electron chi connectivity index (χ4n) is 6.15. The second-order valence-electron chi connectivity index (χ2n) is 9.32. The highest BCUT2D eigenvalue weighted by molar-refractivity contribution is 6.02. The van der Waals surface area contributed by atoms with E-state index < -0.39 is 23.1 Å². The molecule has 2 N–H and O–H groups in total. The smallest absolute Gasteiger partial charge is 0.255 e. The maximum absolute atomic E-state index is 13.7. The lowest BCUT2D eigenvalue weighted by molar-refractivity contribution is -0.144. The van der Waals surface area contributed by atoms with E-state index in [1.807, 2.05) is 42.2 Å². The zero-order valence-electron chi connectivity index (χ0n) is 17.5. The minimum atomic E-state index is -0.694. The summed E-state index contributed by atoms with van der Waals surface area (Å²) in [5, 5.41) is 6.58. The summed E-state index contributed by atoms with van der Waals surface area (Å²) in [6.07, 6.45) is 5.07.